The topological polar surface area (TPSA) is 23.6 Å². The molecule has 2 heterocycles. The van der Waals surface area contributed by atoms with Gasteiger partial charge in [-0.25, -0.2) is 0 Å². The molecule has 0 radical (unpaired) electrons. The number of amides is 1. The summed E-state index contributed by atoms with van der Waals surface area (Å²) in [6, 6.07) is 0. The molecular weight excluding hydrogens is 197 g/mol. The molecule has 80 valence electrons. The summed E-state index contributed by atoms with van der Waals surface area (Å²) in [6.45, 7) is 0.557. The molecular formula is C8H11F3N2O. The standard InChI is InChI=1S/C8H11F3N2O/c9-8(10,11)5-12-3-7(4-12)1-2-13(7)6-14/h6H,1-5H2. The zero-order chi connectivity index (χ0) is 10.4. The van der Waals surface area contributed by atoms with E-state index in [-0.39, 0.29) is 5.54 Å². The van der Waals surface area contributed by atoms with Crippen LogP contribution in [-0.4, -0.2) is 54.1 Å². The van der Waals surface area contributed by atoms with E-state index >= 15 is 0 Å². The number of rotatable bonds is 2. The largest absolute Gasteiger partial charge is 0.401 e. The van der Waals surface area contributed by atoms with Crippen molar-refractivity contribution in [2.45, 2.75) is 18.1 Å². The summed E-state index contributed by atoms with van der Waals surface area (Å²) >= 11 is 0. The Bertz CT molecular complexity index is 247. The molecule has 1 spiro atoms. The van der Waals surface area contributed by atoms with Crippen molar-refractivity contribution >= 4 is 6.41 Å². The van der Waals surface area contributed by atoms with E-state index in [9.17, 15) is 18.0 Å². The van der Waals surface area contributed by atoms with Crippen LogP contribution in [0.5, 0.6) is 0 Å². The SMILES string of the molecule is O=CN1CCC12CN(CC(F)(F)F)C2. The van der Waals surface area contributed by atoms with Crippen LogP contribution in [0.3, 0.4) is 0 Å². The van der Waals surface area contributed by atoms with Gasteiger partial charge >= 0.3 is 6.18 Å². The summed E-state index contributed by atoms with van der Waals surface area (Å²) in [5.41, 5.74) is -0.257. The predicted molar refractivity (Wildman–Crippen MR) is 42.6 cm³/mol. The summed E-state index contributed by atoms with van der Waals surface area (Å²) in [5, 5.41) is 0. The highest BCUT2D eigenvalue weighted by atomic mass is 19.4. The fourth-order valence-corrected chi connectivity index (χ4v) is 2.21. The zero-order valence-corrected chi connectivity index (χ0v) is 7.55. The van der Waals surface area contributed by atoms with Gasteiger partial charge < -0.3 is 4.90 Å². The van der Waals surface area contributed by atoms with E-state index in [0.29, 0.717) is 19.6 Å². The number of alkyl halides is 3. The van der Waals surface area contributed by atoms with Crippen LogP contribution in [0.15, 0.2) is 0 Å². The van der Waals surface area contributed by atoms with Crippen molar-refractivity contribution in [3.8, 4) is 0 Å². The molecule has 0 aromatic carbocycles. The van der Waals surface area contributed by atoms with Crippen LogP contribution in [0.1, 0.15) is 6.42 Å². The Morgan fingerprint density at radius 1 is 1.36 bits per heavy atom. The van der Waals surface area contributed by atoms with E-state index in [0.717, 1.165) is 12.8 Å². The van der Waals surface area contributed by atoms with Crippen molar-refractivity contribution in [1.29, 1.82) is 0 Å². The Hall–Kier alpha value is -0.780. The molecule has 1 amide bonds. The third-order valence-electron chi connectivity index (χ3n) is 2.99. The lowest BCUT2D eigenvalue weighted by molar-refractivity contribution is -0.190. The van der Waals surface area contributed by atoms with Gasteiger partial charge in [0.2, 0.25) is 6.41 Å². The van der Waals surface area contributed by atoms with E-state index in [1.807, 2.05) is 0 Å². The number of hydrogen-bond acceptors (Lipinski definition) is 2. The van der Waals surface area contributed by atoms with Crippen LogP contribution in [-0.2, 0) is 4.79 Å². The third kappa shape index (κ3) is 1.47. The number of carbonyl (C=O) groups is 1. The second kappa shape index (κ2) is 2.85. The number of nitrogens with zero attached hydrogens (tertiary/aromatic N) is 2. The first-order valence-corrected chi connectivity index (χ1v) is 4.46. The fourth-order valence-electron chi connectivity index (χ4n) is 2.21. The van der Waals surface area contributed by atoms with Crippen molar-refractivity contribution in [1.82, 2.24) is 9.80 Å². The van der Waals surface area contributed by atoms with Crippen LogP contribution >= 0.6 is 0 Å². The highest BCUT2D eigenvalue weighted by molar-refractivity contribution is 5.52. The molecule has 2 fully saturated rings. The van der Waals surface area contributed by atoms with Crippen molar-refractivity contribution < 1.29 is 18.0 Å². The molecule has 2 aliphatic heterocycles. The average molecular weight is 208 g/mol. The van der Waals surface area contributed by atoms with Gasteiger partial charge in [0.25, 0.3) is 0 Å². The molecule has 0 N–H and O–H groups in total. The first kappa shape index (κ1) is 9.76. The first-order chi connectivity index (χ1) is 6.45. The summed E-state index contributed by atoms with van der Waals surface area (Å²) in [5.74, 6) is 0. The highest BCUT2D eigenvalue weighted by Crippen LogP contribution is 2.38. The van der Waals surface area contributed by atoms with Gasteiger partial charge in [0.15, 0.2) is 0 Å². The molecule has 3 nitrogen and oxygen atoms in total. The normalized spacial score (nSPS) is 25.8. The minimum atomic E-state index is -4.13. The Kier molecular flexibility index (Phi) is 1.99. The van der Waals surface area contributed by atoms with Crippen LogP contribution in [0, 0.1) is 0 Å². The van der Waals surface area contributed by atoms with Gasteiger partial charge in [-0.2, -0.15) is 13.2 Å². The predicted octanol–water partition coefficient (Wildman–Crippen LogP) is 0.465. The van der Waals surface area contributed by atoms with Gasteiger partial charge in [-0.15, -0.1) is 0 Å². The van der Waals surface area contributed by atoms with Crippen LogP contribution < -0.4 is 0 Å². The maximum atomic E-state index is 12.0. The van der Waals surface area contributed by atoms with Crippen molar-refractivity contribution in [2.24, 2.45) is 0 Å². The molecule has 2 saturated heterocycles. The summed E-state index contributed by atoms with van der Waals surface area (Å²) in [4.78, 5) is 13.4. The fraction of sp³-hybridized carbons (Fsp3) is 0.875. The Labute approximate surface area is 79.5 Å². The lowest BCUT2D eigenvalue weighted by Gasteiger charge is -2.61. The molecule has 6 heteroatoms. The molecule has 0 aromatic rings. The summed E-state index contributed by atoms with van der Waals surface area (Å²) < 4.78 is 35.9. The van der Waals surface area contributed by atoms with Gasteiger partial charge in [0, 0.05) is 19.6 Å². The lowest BCUT2D eigenvalue weighted by Crippen LogP contribution is -2.76. The van der Waals surface area contributed by atoms with E-state index in [1.165, 1.54) is 4.90 Å². The van der Waals surface area contributed by atoms with Gasteiger partial charge in [-0.3, -0.25) is 9.69 Å². The van der Waals surface area contributed by atoms with E-state index in [2.05, 4.69) is 0 Å². The van der Waals surface area contributed by atoms with Crippen LogP contribution in [0.4, 0.5) is 13.2 Å². The monoisotopic (exact) mass is 208 g/mol. The van der Waals surface area contributed by atoms with Gasteiger partial charge in [-0.1, -0.05) is 0 Å². The second-order valence-corrected chi connectivity index (χ2v) is 4.03. The van der Waals surface area contributed by atoms with Crippen LogP contribution in [0.2, 0.25) is 0 Å². The third-order valence-corrected chi connectivity index (χ3v) is 2.99. The number of carbonyl (C=O) groups excluding carboxylic acids is 1. The van der Waals surface area contributed by atoms with E-state index in [4.69, 9.17) is 0 Å². The molecule has 0 aliphatic carbocycles. The van der Waals surface area contributed by atoms with Gasteiger partial charge in [0.1, 0.15) is 0 Å². The first-order valence-electron chi connectivity index (χ1n) is 4.46. The quantitative estimate of drug-likeness (QED) is 0.616. The second-order valence-electron chi connectivity index (χ2n) is 4.03. The van der Waals surface area contributed by atoms with Gasteiger partial charge in [0.05, 0.1) is 12.1 Å². The van der Waals surface area contributed by atoms with Gasteiger partial charge in [-0.05, 0) is 6.42 Å². The smallest absolute Gasteiger partial charge is 0.337 e. The van der Waals surface area contributed by atoms with Crippen molar-refractivity contribution in [2.75, 3.05) is 26.2 Å². The summed E-state index contributed by atoms with van der Waals surface area (Å²) in [6.07, 6.45) is -2.56. The number of likely N-dealkylation sites (tertiary alicyclic amines) is 2. The van der Waals surface area contributed by atoms with E-state index in [1.54, 1.807) is 4.90 Å². The molecule has 0 atom stereocenters. The molecule has 0 bridgehead atoms. The maximum Gasteiger partial charge on any atom is 0.401 e. The average Bonchev–Trinajstić information content (AvgIpc) is 1.92. The zero-order valence-electron chi connectivity index (χ0n) is 7.55. The van der Waals surface area contributed by atoms with Crippen LogP contribution in [0.25, 0.3) is 0 Å². The highest BCUT2D eigenvalue weighted by Gasteiger charge is 2.54. The molecule has 2 rings (SSSR count). The Morgan fingerprint density at radius 3 is 2.36 bits per heavy atom. The number of halogens is 3. The van der Waals surface area contributed by atoms with Crippen molar-refractivity contribution in [3.63, 3.8) is 0 Å². The van der Waals surface area contributed by atoms with E-state index < -0.39 is 12.7 Å². The Balaban J connectivity index is 1.82. The molecule has 0 aromatic heterocycles. The molecule has 2 aliphatic rings. The Morgan fingerprint density at radius 2 is 2.00 bits per heavy atom. The molecule has 14 heavy (non-hydrogen) atoms. The molecule has 0 saturated carbocycles. The van der Waals surface area contributed by atoms with Crippen molar-refractivity contribution in [3.05, 3.63) is 0 Å². The maximum absolute atomic E-state index is 12.0. The minimum absolute atomic E-state index is 0.257. The minimum Gasteiger partial charge on any atom is -0.337 e. The summed E-state index contributed by atoms with van der Waals surface area (Å²) in [7, 11) is 0. The lowest BCUT2D eigenvalue weighted by atomic mass is 9.78. The molecule has 0 unspecified atom stereocenters. The number of hydrogen-bond donors (Lipinski definition) is 0.